The minimum absolute atomic E-state index is 0.0918. The molecule has 27 heavy (non-hydrogen) atoms. The number of aromatic nitrogens is 1. The van der Waals surface area contributed by atoms with Gasteiger partial charge in [0, 0.05) is 29.2 Å². The molecule has 3 rings (SSSR count). The molecule has 0 bridgehead atoms. The summed E-state index contributed by atoms with van der Waals surface area (Å²) in [5.41, 5.74) is 1.30. The van der Waals surface area contributed by atoms with E-state index in [0.29, 0.717) is 34.3 Å². The number of hydrogen-bond acceptors (Lipinski definition) is 2. The molecular weight excluding hydrogens is 345 g/mol. The molecule has 5 nitrogen and oxygen atoms in total. The molecule has 2 amide bonds. The van der Waals surface area contributed by atoms with Gasteiger partial charge in [-0.15, -0.1) is 0 Å². The van der Waals surface area contributed by atoms with Gasteiger partial charge in [0.25, 0.3) is 5.56 Å². The van der Waals surface area contributed by atoms with Gasteiger partial charge in [-0.25, -0.2) is 9.18 Å². The van der Waals surface area contributed by atoms with Gasteiger partial charge >= 0.3 is 6.03 Å². The van der Waals surface area contributed by atoms with Crippen LogP contribution in [0.4, 0.5) is 20.6 Å². The number of pyridine rings is 1. The number of halogens is 1. The summed E-state index contributed by atoms with van der Waals surface area (Å²) in [7, 11) is 0. The maximum absolute atomic E-state index is 13.7. The number of urea groups is 1. The molecule has 0 saturated carbocycles. The van der Waals surface area contributed by atoms with E-state index in [1.807, 2.05) is 19.9 Å². The van der Waals surface area contributed by atoms with Gasteiger partial charge in [-0.2, -0.15) is 0 Å². The van der Waals surface area contributed by atoms with Crippen LogP contribution in [0.25, 0.3) is 10.8 Å². The number of aryl methyl sites for hydroxylation is 1. The molecule has 6 heteroatoms. The quantitative estimate of drug-likeness (QED) is 0.699. The minimum atomic E-state index is -0.502. The third-order valence-corrected chi connectivity index (χ3v) is 4.23. The van der Waals surface area contributed by atoms with Gasteiger partial charge in [0.05, 0.1) is 5.69 Å². The fourth-order valence-electron chi connectivity index (χ4n) is 2.93. The lowest BCUT2D eigenvalue weighted by Gasteiger charge is -2.15. The van der Waals surface area contributed by atoms with Crippen molar-refractivity contribution in [1.29, 1.82) is 0 Å². The summed E-state index contributed by atoms with van der Waals surface area (Å²) < 4.78 is 15.3. The van der Waals surface area contributed by atoms with Crippen LogP contribution in [0, 0.1) is 18.7 Å². The first-order valence-electron chi connectivity index (χ1n) is 8.81. The first-order valence-corrected chi connectivity index (χ1v) is 8.81. The molecule has 0 spiro atoms. The summed E-state index contributed by atoms with van der Waals surface area (Å²) >= 11 is 0. The van der Waals surface area contributed by atoms with Crippen molar-refractivity contribution in [3.63, 3.8) is 0 Å². The van der Waals surface area contributed by atoms with Crippen LogP contribution in [0.5, 0.6) is 0 Å². The number of fused-ring (bicyclic) bond motifs is 1. The summed E-state index contributed by atoms with van der Waals surface area (Å²) in [6, 6.07) is 11.1. The summed E-state index contributed by atoms with van der Waals surface area (Å²) in [4.78, 5) is 25.1. The molecule has 0 aliphatic carbocycles. The van der Waals surface area contributed by atoms with Gasteiger partial charge in [-0.3, -0.25) is 4.79 Å². The van der Waals surface area contributed by atoms with Crippen LogP contribution in [0.2, 0.25) is 0 Å². The van der Waals surface area contributed by atoms with Crippen LogP contribution in [0.15, 0.2) is 53.5 Å². The zero-order valence-electron chi connectivity index (χ0n) is 15.5. The summed E-state index contributed by atoms with van der Waals surface area (Å²) in [5.74, 6) is -0.107. The summed E-state index contributed by atoms with van der Waals surface area (Å²) in [6.07, 6.45) is 1.65. The standard InChI is InChI=1S/C21H22FN3O2/c1-13(2)11-25-12-19(16-6-4-5-7-17(16)20(25)26)24-21(27)23-15-9-8-14(3)18(22)10-15/h4-10,12-13H,11H2,1-3H3,(H2,23,24,27). The smallest absolute Gasteiger partial charge is 0.313 e. The fourth-order valence-corrected chi connectivity index (χ4v) is 2.93. The van der Waals surface area contributed by atoms with E-state index in [9.17, 15) is 14.0 Å². The van der Waals surface area contributed by atoms with E-state index in [1.165, 1.54) is 6.07 Å². The molecule has 140 valence electrons. The minimum Gasteiger partial charge on any atom is -0.313 e. The molecule has 1 aromatic heterocycles. The third-order valence-electron chi connectivity index (χ3n) is 4.23. The van der Waals surface area contributed by atoms with Crippen molar-refractivity contribution < 1.29 is 9.18 Å². The largest absolute Gasteiger partial charge is 0.323 e. The van der Waals surface area contributed by atoms with Crippen molar-refractivity contribution in [2.24, 2.45) is 5.92 Å². The molecule has 2 aromatic carbocycles. The Morgan fingerprint density at radius 2 is 1.81 bits per heavy atom. The van der Waals surface area contributed by atoms with Crippen molar-refractivity contribution in [2.45, 2.75) is 27.3 Å². The number of anilines is 2. The maximum Gasteiger partial charge on any atom is 0.323 e. The van der Waals surface area contributed by atoms with Crippen LogP contribution in [0.1, 0.15) is 19.4 Å². The second-order valence-electron chi connectivity index (χ2n) is 6.98. The van der Waals surface area contributed by atoms with Gasteiger partial charge in [-0.05, 0) is 36.6 Å². The van der Waals surface area contributed by atoms with E-state index in [0.717, 1.165) is 0 Å². The lowest BCUT2D eigenvalue weighted by atomic mass is 10.1. The van der Waals surface area contributed by atoms with E-state index in [2.05, 4.69) is 10.6 Å². The zero-order chi connectivity index (χ0) is 19.6. The molecule has 2 N–H and O–H groups in total. The second-order valence-corrected chi connectivity index (χ2v) is 6.98. The highest BCUT2D eigenvalue weighted by molar-refractivity contribution is 6.05. The Morgan fingerprint density at radius 1 is 1.11 bits per heavy atom. The molecule has 0 aliphatic heterocycles. The third kappa shape index (κ3) is 4.16. The summed E-state index contributed by atoms with van der Waals surface area (Å²) in [5, 5.41) is 6.60. The SMILES string of the molecule is Cc1ccc(NC(=O)Nc2cn(CC(C)C)c(=O)c3ccccc23)cc1F. The highest BCUT2D eigenvalue weighted by Gasteiger charge is 2.12. The van der Waals surface area contributed by atoms with Crippen LogP contribution in [0.3, 0.4) is 0 Å². The number of amides is 2. The maximum atomic E-state index is 13.7. The molecule has 1 heterocycles. The first kappa shape index (κ1) is 18.6. The second kappa shape index (κ2) is 7.61. The van der Waals surface area contributed by atoms with Gasteiger partial charge < -0.3 is 15.2 Å². The number of rotatable bonds is 4. The summed E-state index contributed by atoms with van der Waals surface area (Å²) in [6.45, 7) is 6.24. The van der Waals surface area contributed by atoms with E-state index >= 15 is 0 Å². The normalized spacial score (nSPS) is 11.0. The average Bonchev–Trinajstić information content (AvgIpc) is 2.62. The van der Waals surface area contributed by atoms with Crippen molar-refractivity contribution in [2.75, 3.05) is 10.6 Å². The van der Waals surface area contributed by atoms with Crippen LogP contribution < -0.4 is 16.2 Å². The Morgan fingerprint density at radius 3 is 2.48 bits per heavy atom. The van der Waals surface area contributed by atoms with Crippen molar-refractivity contribution in [1.82, 2.24) is 4.57 Å². The number of nitrogens with one attached hydrogen (secondary N) is 2. The lowest BCUT2D eigenvalue weighted by molar-refractivity contribution is 0.262. The highest BCUT2D eigenvalue weighted by atomic mass is 19.1. The molecule has 0 saturated heterocycles. The Balaban J connectivity index is 1.93. The molecule has 3 aromatic rings. The van der Waals surface area contributed by atoms with Gasteiger partial charge in [-0.1, -0.05) is 38.1 Å². The molecule has 0 radical (unpaired) electrons. The number of nitrogens with zero attached hydrogens (tertiary/aromatic N) is 1. The first-order chi connectivity index (χ1) is 12.8. The van der Waals surface area contributed by atoms with Gasteiger partial charge in [0.2, 0.25) is 0 Å². The Bertz CT molecular complexity index is 1060. The Labute approximate surface area is 156 Å². The van der Waals surface area contributed by atoms with Crippen molar-refractivity contribution in [3.05, 3.63) is 70.4 Å². The van der Waals surface area contributed by atoms with E-state index < -0.39 is 6.03 Å². The number of benzene rings is 2. The van der Waals surface area contributed by atoms with Crippen molar-refractivity contribution in [3.8, 4) is 0 Å². The molecule has 0 atom stereocenters. The van der Waals surface area contributed by atoms with Gasteiger partial charge in [0.15, 0.2) is 0 Å². The highest BCUT2D eigenvalue weighted by Crippen LogP contribution is 2.21. The van der Waals surface area contributed by atoms with E-state index in [4.69, 9.17) is 0 Å². The van der Waals surface area contributed by atoms with Crippen molar-refractivity contribution >= 4 is 28.2 Å². The van der Waals surface area contributed by atoms with E-state index in [-0.39, 0.29) is 17.3 Å². The van der Waals surface area contributed by atoms with Crippen LogP contribution in [-0.2, 0) is 6.54 Å². The van der Waals surface area contributed by atoms with Crippen LogP contribution in [-0.4, -0.2) is 10.6 Å². The molecule has 0 unspecified atom stereocenters. The molecule has 0 aliphatic rings. The molecule has 0 fully saturated rings. The topological polar surface area (TPSA) is 63.1 Å². The monoisotopic (exact) mass is 367 g/mol. The average molecular weight is 367 g/mol. The van der Waals surface area contributed by atoms with Crippen LogP contribution >= 0.6 is 0 Å². The molecular formula is C21H22FN3O2. The Hall–Kier alpha value is -3.15. The lowest BCUT2D eigenvalue weighted by Crippen LogP contribution is -2.25. The number of hydrogen-bond donors (Lipinski definition) is 2. The zero-order valence-corrected chi connectivity index (χ0v) is 15.5. The van der Waals surface area contributed by atoms with Gasteiger partial charge in [0.1, 0.15) is 5.82 Å². The fraction of sp³-hybridized carbons (Fsp3) is 0.238. The Kier molecular flexibility index (Phi) is 5.26. The number of carbonyl (C=O) groups is 1. The van der Waals surface area contributed by atoms with E-state index in [1.54, 1.807) is 48.0 Å². The predicted octanol–water partition coefficient (Wildman–Crippen LogP) is 4.75. The number of carbonyl (C=O) groups excluding carboxylic acids is 1. The predicted molar refractivity (Wildman–Crippen MR) is 107 cm³/mol.